The summed E-state index contributed by atoms with van der Waals surface area (Å²) in [4.78, 5) is 23.1. The van der Waals surface area contributed by atoms with E-state index in [0.29, 0.717) is 5.56 Å². The van der Waals surface area contributed by atoms with E-state index in [-0.39, 0.29) is 36.8 Å². The van der Waals surface area contributed by atoms with Gasteiger partial charge in [0, 0.05) is 26.4 Å². The molecule has 0 radical (unpaired) electrons. The summed E-state index contributed by atoms with van der Waals surface area (Å²) in [6.45, 7) is -0.0128. The van der Waals surface area contributed by atoms with Gasteiger partial charge < -0.3 is 10.4 Å². The predicted molar refractivity (Wildman–Crippen MR) is 73.8 cm³/mol. The van der Waals surface area contributed by atoms with Crippen LogP contribution in [0.2, 0.25) is 0 Å². The Hall–Kier alpha value is -2.28. The van der Waals surface area contributed by atoms with Crippen LogP contribution in [0, 0.1) is 5.82 Å². The van der Waals surface area contributed by atoms with Crippen LogP contribution in [-0.4, -0.2) is 41.2 Å². The van der Waals surface area contributed by atoms with E-state index in [4.69, 9.17) is 0 Å². The molecule has 21 heavy (non-hydrogen) atoms. The third kappa shape index (κ3) is 3.85. The van der Waals surface area contributed by atoms with Crippen LogP contribution >= 0.6 is 0 Å². The van der Waals surface area contributed by atoms with Crippen molar-refractivity contribution in [3.63, 3.8) is 0 Å². The lowest BCUT2D eigenvalue weighted by molar-refractivity contribution is -0.130. The summed E-state index contributed by atoms with van der Waals surface area (Å²) in [6, 6.07) is 5.39. The predicted octanol–water partition coefficient (Wildman–Crippen LogP) is 0.583. The first-order valence-corrected chi connectivity index (χ1v) is 6.53. The fourth-order valence-electron chi connectivity index (χ4n) is 1.93. The van der Waals surface area contributed by atoms with Crippen LogP contribution in [0.25, 0.3) is 0 Å². The number of carbonyl (C=O) groups is 2. The number of rotatable bonds is 4. The third-order valence-corrected chi connectivity index (χ3v) is 3.18. The molecule has 0 saturated carbocycles. The zero-order valence-corrected chi connectivity index (χ0v) is 11.5. The lowest BCUT2D eigenvalue weighted by atomic mass is 10.1. The van der Waals surface area contributed by atoms with Crippen molar-refractivity contribution >= 4 is 17.5 Å². The van der Waals surface area contributed by atoms with Crippen LogP contribution in [0.4, 0.5) is 4.39 Å². The number of hydrogen-bond donors (Lipinski definition) is 2. The van der Waals surface area contributed by atoms with Crippen molar-refractivity contribution in [3.8, 4) is 0 Å². The van der Waals surface area contributed by atoms with Gasteiger partial charge in [0.1, 0.15) is 11.5 Å². The molecule has 2 rings (SSSR count). The highest BCUT2D eigenvalue weighted by Crippen LogP contribution is 2.13. The van der Waals surface area contributed by atoms with Crippen molar-refractivity contribution in [2.45, 2.75) is 18.9 Å². The van der Waals surface area contributed by atoms with E-state index in [1.807, 2.05) is 0 Å². The molecule has 6 nitrogen and oxygen atoms in total. The SMILES string of the molecule is CN1N=C(C(=O)NCC(O)c2ccc(F)cc2)CCC1=O. The fourth-order valence-corrected chi connectivity index (χ4v) is 1.93. The van der Waals surface area contributed by atoms with Gasteiger partial charge in [-0.05, 0) is 17.7 Å². The maximum absolute atomic E-state index is 12.8. The van der Waals surface area contributed by atoms with Crippen molar-refractivity contribution in [2.75, 3.05) is 13.6 Å². The van der Waals surface area contributed by atoms with E-state index in [2.05, 4.69) is 10.4 Å². The highest BCUT2D eigenvalue weighted by molar-refractivity contribution is 6.39. The van der Waals surface area contributed by atoms with Gasteiger partial charge in [-0.3, -0.25) is 9.59 Å². The minimum absolute atomic E-state index is 0.0128. The molecule has 0 fully saturated rings. The Morgan fingerprint density at radius 3 is 2.71 bits per heavy atom. The van der Waals surface area contributed by atoms with Crippen molar-refractivity contribution in [3.05, 3.63) is 35.6 Å². The summed E-state index contributed by atoms with van der Waals surface area (Å²) in [5.74, 6) is -0.951. The normalized spacial score (nSPS) is 16.4. The van der Waals surface area contributed by atoms with Crippen molar-refractivity contribution in [1.82, 2.24) is 10.3 Å². The number of aliphatic hydroxyl groups excluding tert-OH is 1. The minimum Gasteiger partial charge on any atom is -0.387 e. The number of benzene rings is 1. The van der Waals surface area contributed by atoms with Crippen LogP contribution in [0.5, 0.6) is 0 Å². The molecule has 1 atom stereocenters. The number of nitrogens with zero attached hydrogens (tertiary/aromatic N) is 2. The molecular weight excluding hydrogens is 277 g/mol. The number of halogens is 1. The Labute approximate surface area is 121 Å². The number of hydrogen-bond acceptors (Lipinski definition) is 4. The minimum atomic E-state index is -0.932. The quantitative estimate of drug-likeness (QED) is 0.852. The van der Waals surface area contributed by atoms with Gasteiger partial charge in [0.05, 0.1) is 6.10 Å². The van der Waals surface area contributed by atoms with Crippen molar-refractivity contribution < 1.29 is 19.1 Å². The van der Waals surface area contributed by atoms with Crippen LogP contribution in [0.1, 0.15) is 24.5 Å². The van der Waals surface area contributed by atoms with Gasteiger partial charge in [-0.15, -0.1) is 0 Å². The molecule has 2 amide bonds. The zero-order valence-electron chi connectivity index (χ0n) is 11.5. The number of aliphatic hydroxyl groups is 1. The second kappa shape index (κ2) is 6.45. The molecule has 1 aliphatic heterocycles. The molecule has 1 unspecified atom stereocenters. The first-order valence-electron chi connectivity index (χ1n) is 6.53. The number of carbonyl (C=O) groups excluding carboxylic acids is 2. The summed E-state index contributed by atoms with van der Waals surface area (Å²) < 4.78 is 12.8. The van der Waals surface area contributed by atoms with Crippen LogP contribution < -0.4 is 5.32 Å². The van der Waals surface area contributed by atoms with Gasteiger partial charge in [0.15, 0.2) is 0 Å². The Balaban J connectivity index is 1.90. The van der Waals surface area contributed by atoms with Gasteiger partial charge in [-0.1, -0.05) is 12.1 Å². The lowest BCUT2D eigenvalue weighted by Crippen LogP contribution is -2.39. The van der Waals surface area contributed by atoms with E-state index in [1.54, 1.807) is 0 Å². The molecule has 112 valence electrons. The molecule has 0 aliphatic carbocycles. The lowest BCUT2D eigenvalue weighted by Gasteiger charge is -2.19. The summed E-state index contributed by atoms with van der Waals surface area (Å²) >= 11 is 0. The molecule has 1 aromatic carbocycles. The van der Waals surface area contributed by atoms with Crippen LogP contribution in [0.3, 0.4) is 0 Å². The molecule has 1 heterocycles. The van der Waals surface area contributed by atoms with Crippen molar-refractivity contribution in [1.29, 1.82) is 0 Å². The summed E-state index contributed by atoms with van der Waals surface area (Å²) in [5, 5.41) is 17.5. The molecule has 0 spiro atoms. The molecular formula is C14H16FN3O3. The van der Waals surface area contributed by atoms with Gasteiger partial charge in [0.2, 0.25) is 5.91 Å². The average molecular weight is 293 g/mol. The monoisotopic (exact) mass is 293 g/mol. The first-order chi connectivity index (χ1) is 9.97. The number of nitrogens with one attached hydrogen (secondary N) is 1. The topological polar surface area (TPSA) is 82.0 Å². The van der Waals surface area contributed by atoms with E-state index in [1.165, 1.54) is 31.3 Å². The summed E-state index contributed by atoms with van der Waals surface area (Å²) in [5.41, 5.74) is 0.762. The summed E-state index contributed by atoms with van der Waals surface area (Å²) in [6.07, 6.45) is -0.414. The molecule has 2 N–H and O–H groups in total. The van der Waals surface area contributed by atoms with E-state index >= 15 is 0 Å². The standard InChI is InChI=1S/C14H16FN3O3/c1-18-13(20)7-6-11(17-18)14(21)16-8-12(19)9-2-4-10(15)5-3-9/h2-5,12,19H,6-8H2,1H3,(H,16,21). The van der Waals surface area contributed by atoms with Crippen molar-refractivity contribution in [2.24, 2.45) is 5.10 Å². The average Bonchev–Trinajstić information content (AvgIpc) is 2.48. The first kappa shape index (κ1) is 15.1. The largest absolute Gasteiger partial charge is 0.387 e. The van der Waals surface area contributed by atoms with Gasteiger partial charge in [-0.25, -0.2) is 9.40 Å². The maximum Gasteiger partial charge on any atom is 0.267 e. The Bertz CT molecular complexity index is 571. The van der Waals surface area contributed by atoms with Gasteiger partial charge in [-0.2, -0.15) is 5.10 Å². The van der Waals surface area contributed by atoms with E-state index < -0.39 is 12.0 Å². The molecule has 0 saturated heterocycles. The Morgan fingerprint density at radius 2 is 2.10 bits per heavy atom. The van der Waals surface area contributed by atoms with Crippen LogP contribution in [0.15, 0.2) is 29.4 Å². The van der Waals surface area contributed by atoms with Gasteiger partial charge in [0.25, 0.3) is 5.91 Å². The highest BCUT2D eigenvalue weighted by Gasteiger charge is 2.22. The molecule has 1 aromatic rings. The smallest absolute Gasteiger partial charge is 0.267 e. The second-order valence-corrected chi connectivity index (χ2v) is 4.74. The zero-order chi connectivity index (χ0) is 15.4. The highest BCUT2D eigenvalue weighted by atomic mass is 19.1. The second-order valence-electron chi connectivity index (χ2n) is 4.74. The Kier molecular flexibility index (Phi) is 4.64. The fraction of sp³-hybridized carbons (Fsp3) is 0.357. The van der Waals surface area contributed by atoms with E-state index in [9.17, 15) is 19.1 Å². The third-order valence-electron chi connectivity index (χ3n) is 3.18. The Morgan fingerprint density at radius 1 is 1.43 bits per heavy atom. The molecule has 1 aliphatic rings. The molecule has 0 aromatic heterocycles. The van der Waals surface area contributed by atoms with E-state index in [0.717, 1.165) is 5.01 Å². The molecule has 7 heteroatoms. The van der Waals surface area contributed by atoms with Crippen LogP contribution in [-0.2, 0) is 9.59 Å². The number of amides is 2. The van der Waals surface area contributed by atoms with Gasteiger partial charge >= 0.3 is 0 Å². The summed E-state index contributed by atoms with van der Waals surface area (Å²) in [7, 11) is 1.49. The molecule has 0 bridgehead atoms. The number of hydrazone groups is 1. The maximum atomic E-state index is 12.8.